The molecule has 1 aromatic rings. The third kappa shape index (κ3) is 9.54. The molecule has 2 rings (SSSR count). The molecular weight excluding hydrogens is 346 g/mol. The summed E-state index contributed by atoms with van der Waals surface area (Å²) < 4.78 is 5.37. The molecule has 1 heterocycles. The van der Waals surface area contributed by atoms with Crippen LogP contribution in [0.25, 0.3) is 6.08 Å². The number of amides is 1. The van der Waals surface area contributed by atoms with E-state index in [9.17, 15) is 4.79 Å². The molecular formula is C25H39NO2. The van der Waals surface area contributed by atoms with Gasteiger partial charge < -0.3 is 9.64 Å². The van der Waals surface area contributed by atoms with E-state index in [2.05, 4.69) is 38.1 Å². The van der Waals surface area contributed by atoms with Crippen LogP contribution in [0.1, 0.15) is 77.2 Å². The molecule has 0 N–H and O–H groups in total. The predicted molar refractivity (Wildman–Crippen MR) is 118 cm³/mol. The summed E-state index contributed by atoms with van der Waals surface area (Å²) in [6.07, 6.45) is 15.9. The molecule has 0 spiro atoms. The smallest absolute Gasteiger partial charge is 0.225 e. The first-order valence-corrected chi connectivity index (χ1v) is 11.3. The maximum absolute atomic E-state index is 12.9. The normalized spacial score (nSPS) is 17.0. The van der Waals surface area contributed by atoms with Crippen LogP contribution >= 0.6 is 0 Å². The molecule has 1 aliphatic heterocycles. The lowest BCUT2D eigenvalue weighted by atomic mass is 10.00. The molecule has 0 radical (unpaired) electrons. The maximum Gasteiger partial charge on any atom is 0.225 e. The fourth-order valence-corrected chi connectivity index (χ4v) is 3.57. The summed E-state index contributed by atoms with van der Waals surface area (Å²) in [5, 5.41) is 0. The van der Waals surface area contributed by atoms with E-state index in [-0.39, 0.29) is 17.9 Å². The van der Waals surface area contributed by atoms with Crippen LogP contribution < -0.4 is 0 Å². The molecule has 1 aliphatic rings. The van der Waals surface area contributed by atoms with Gasteiger partial charge in [0.2, 0.25) is 5.91 Å². The van der Waals surface area contributed by atoms with Crippen LogP contribution in [-0.2, 0) is 9.53 Å². The molecule has 2 unspecified atom stereocenters. The lowest BCUT2D eigenvalue weighted by Gasteiger charge is -2.24. The van der Waals surface area contributed by atoms with Crippen molar-refractivity contribution in [3.8, 4) is 0 Å². The standard InChI is InChI=1S/C25H39NO2/c1-3-4-5-6-7-8-9-11-15-22(2)25(27)26(20-24-21-28-24)19-14-18-23-16-12-10-13-17-23/h10,12-14,16-18,22,24H,3-9,11,15,19-21H2,1-2H3. The van der Waals surface area contributed by atoms with Crippen LogP contribution in [0.15, 0.2) is 36.4 Å². The minimum absolute atomic E-state index is 0.101. The van der Waals surface area contributed by atoms with E-state index >= 15 is 0 Å². The van der Waals surface area contributed by atoms with Crippen molar-refractivity contribution in [3.63, 3.8) is 0 Å². The second kappa shape index (κ2) is 13.5. The van der Waals surface area contributed by atoms with E-state index in [4.69, 9.17) is 4.74 Å². The van der Waals surface area contributed by atoms with Crippen LogP contribution in [0, 0.1) is 5.92 Å². The molecule has 1 saturated heterocycles. The molecule has 0 aromatic heterocycles. The molecule has 3 heteroatoms. The van der Waals surface area contributed by atoms with Gasteiger partial charge in [0.15, 0.2) is 0 Å². The number of epoxide rings is 1. The Morgan fingerprint density at radius 2 is 1.75 bits per heavy atom. The summed E-state index contributed by atoms with van der Waals surface area (Å²) in [6, 6.07) is 10.2. The van der Waals surface area contributed by atoms with Crippen molar-refractivity contribution in [3.05, 3.63) is 42.0 Å². The number of ether oxygens (including phenoxy) is 1. The maximum atomic E-state index is 12.9. The average Bonchev–Trinajstić information content (AvgIpc) is 3.53. The number of nitrogens with zero attached hydrogens (tertiary/aromatic N) is 1. The third-order valence-corrected chi connectivity index (χ3v) is 5.49. The first-order chi connectivity index (χ1) is 13.7. The summed E-state index contributed by atoms with van der Waals surface area (Å²) in [4.78, 5) is 14.9. The second-order valence-corrected chi connectivity index (χ2v) is 8.18. The van der Waals surface area contributed by atoms with E-state index in [1.54, 1.807) is 0 Å². The number of hydrogen-bond acceptors (Lipinski definition) is 2. The first kappa shape index (κ1) is 22.7. The average molecular weight is 386 g/mol. The van der Waals surface area contributed by atoms with Crippen molar-refractivity contribution in [2.45, 2.75) is 77.7 Å². The number of benzene rings is 1. The number of hydrogen-bond donors (Lipinski definition) is 0. The highest BCUT2D eigenvalue weighted by Gasteiger charge is 2.29. The highest BCUT2D eigenvalue weighted by molar-refractivity contribution is 5.78. The fourth-order valence-electron chi connectivity index (χ4n) is 3.57. The second-order valence-electron chi connectivity index (χ2n) is 8.18. The molecule has 28 heavy (non-hydrogen) atoms. The van der Waals surface area contributed by atoms with Crippen LogP contribution in [0.4, 0.5) is 0 Å². The highest BCUT2D eigenvalue weighted by atomic mass is 16.6. The molecule has 156 valence electrons. The molecule has 0 bridgehead atoms. The third-order valence-electron chi connectivity index (χ3n) is 5.49. The molecule has 3 nitrogen and oxygen atoms in total. The molecule has 2 atom stereocenters. The van der Waals surface area contributed by atoms with E-state index in [0.717, 1.165) is 26.0 Å². The number of rotatable bonds is 15. The minimum atomic E-state index is 0.101. The monoisotopic (exact) mass is 385 g/mol. The van der Waals surface area contributed by atoms with Crippen LogP contribution in [-0.4, -0.2) is 36.6 Å². The summed E-state index contributed by atoms with van der Waals surface area (Å²) >= 11 is 0. The van der Waals surface area contributed by atoms with Gasteiger partial charge in [-0.15, -0.1) is 0 Å². The topological polar surface area (TPSA) is 32.8 Å². The van der Waals surface area contributed by atoms with Gasteiger partial charge >= 0.3 is 0 Å². The van der Waals surface area contributed by atoms with Gasteiger partial charge in [0.25, 0.3) is 0 Å². The summed E-state index contributed by atoms with van der Waals surface area (Å²) in [7, 11) is 0. The number of carbonyl (C=O) groups excluding carboxylic acids is 1. The summed E-state index contributed by atoms with van der Waals surface area (Å²) in [5.41, 5.74) is 1.17. The van der Waals surface area contributed by atoms with Crippen molar-refractivity contribution in [1.82, 2.24) is 4.90 Å². The lowest BCUT2D eigenvalue weighted by molar-refractivity contribution is -0.135. The highest BCUT2D eigenvalue weighted by Crippen LogP contribution is 2.18. The van der Waals surface area contributed by atoms with Crippen LogP contribution in [0.2, 0.25) is 0 Å². The lowest BCUT2D eigenvalue weighted by Crippen LogP contribution is -2.38. The molecule has 1 fully saturated rings. The Hall–Kier alpha value is -1.61. The minimum Gasteiger partial charge on any atom is -0.371 e. The van der Waals surface area contributed by atoms with Crippen molar-refractivity contribution in [1.29, 1.82) is 0 Å². The van der Waals surface area contributed by atoms with Gasteiger partial charge in [-0.25, -0.2) is 0 Å². The Morgan fingerprint density at radius 3 is 2.39 bits per heavy atom. The molecule has 1 aromatic carbocycles. The summed E-state index contributed by atoms with van der Waals surface area (Å²) in [6.45, 7) is 6.52. The van der Waals surface area contributed by atoms with Crippen LogP contribution in [0.3, 0.4) is 0 Å². The van der Waals surface area contributed by atoms with Gasteiger partial charge in [-0.3, -0.25) is 4.79 Å². The van der Waals surface area contributed by atoms with E-state index in [1.807, 2.05) is 23.1 Å². The van der Waals surface area contributed by atoms with Crippen molar-refractivity contribution >= 4 is 12.0 Å². The Labute approximate surface area is 172 Å². The van der Waals surface area contributed by atoms with Gasteiger partial charge in [0.1, 0.15) is 0 Å². The number of unbranched alkanes of at least 4 members (excludes halogenated alkanes) is 7. The Bertz CT molecular complexity index is 565. The van der Waals surface area contributed by atoms with Crippen molar-refractivity contribution < 1.29 is 9.53 Å². The molecule has 1 amide bonds. The summed E-state index contributed by atoms with van der Waals surface area (Å²) in [5.74, 6) is 0.375. The van der Waals surface area contributed by atoms with Gasteiger partial charge in [-0.05, 0) is 12.0 Å². The Kier molecular flexibility index (Phi) is 11.0. The fraction of sp³-hybridized carbons (Fsp3) is 0.640. The number of carbonyl (C=O) groups is 1. The van der Waals surface area contributed by atoms with Crippen molar-refractivity contribution in [2.75, 3.05) is 19.7 Å². The van der Waals surface area contributed by atoms with Gasteiger partial charge in [-0.2, -0.15) is 0 Å². The van der Waals surface area contributed by atoms with E-state index < -0.39 is 0 Å². The van der Waals surface area contributed by atoms with E-state index in [0.29, 0.717) is 6.54 Å². The Morgan fingerprint density at radius 1 is 1.11 bits per heavy atom. The molecule has 0 saturated carbocycles. The SMILES string of the molecule is CCCCCCCCCCC(C)C(=O)N(CC=Cc1ccccc1)CC1CO1. The van der Waals surface area contributed by atoms with Gasteiger partial charge in [0.05, 0.1) is 12.7 Å². The zero-order chi connectivity index (χ0) is 20.0. The van der Waals surface area contributed by atoms with Crippen LogP contribution in [0.5, 0.6) is 0 Å². The zero-order valence-corrected chi connectivity index (χ0v) is 17.9. The molecule has 0 aliphatic carbocycles. The zero-order valence-electron chi connectivity index (χ0n) is 17.9. The first-order valence-electron chi connectivity index (χ1n) is 11.3. The van der Waals surface area contributed by atoms with Gasteiger partial charge in [0, 0.05) is 19.0 Å². The quantitative estimate of drug-likeness (QED) is 0.270. The van der Waals surface area contributed by atoms with Gasteiger partial charge in [-0.1, -0.05) is 108 Å². The Balaban J connectivity index is 1.69. The predicted octanol–water partition coefficient (Wildman–Crippen LogP) is 6.09. The largest absolute Gasteiger partial charge is 0.371 e. The van der Waals surface area contributed by atoms with E-state index in [1.165, 1.54) is 50.5 Å². The van der Waals surface area contributed by atoms with Crippen molar-refractivity contribution in [2.24, 2.45) is 5.92 Å².